The van der Waals surface area contributed by atoms with Crippen LogP contribution in [0.2, 0.25) is 0 Å². The first-order valence-electron chi connectivity index (χ1n) is 11.0. The molecule has 1 unspecified atom stereocenters. The van der Waals surface area contributed by atoms with Gasteiger partial charge in [-0.3, -0.25) is 14.5 Å². The number of benzene rings is 1. The Bertz CT molecular complexity index is 1040. The number of hydrogen-bond donors (Lipinski definition) is 1. The van der Waals surface area contributed by atoms with E-state index in [0.717, 1.165) is 19.6 Å². The molecule has 1 aromatic carbocycles. The average Bonchev–Trinajstić information content (AvgIpc) is 3.45. The van der Waals surface area contributed by atoms with Gasteiger partial charge in [-0.25, -0.2) is 0 Å². The minimum Gasteiger partial charge on any atom is -0.503 e. The highest BCUT2D eigenvalue weighted by molar-refractivity contribution is 6.14. The minimum absolute atomic E-state index is 0.0578. The van der Waals surface area contributed by atoms with Crippen LogP contribution in [0.1, 0.15) is 23.8 Å². The van der Waals surface area contributed by atoms with Crippen molar-refractivity contribution in [3.63, 3.8) is 0 Å². The second kappa shape index (κ2) is 10.5. The summed E-state index contributed by atoms with van der Waals surface area (Å²) in [6.45, 7) is 4.34. The zero-order valence-corrected chi connectivity index (χ0v) is 18.6. The maximum atomic E-state index is 13.1. The Kier molecular flexibility index (Phi) is 7.26. The van der Waals surface area contributed by atoms with Crippen molar-refractivity contribution in [3.8, 4) is 5.75 Å². The van der Waals surface area contributed by atoms with Crippen LogP contribution in [-0.2, 0) is 14.3 Å². The van der Waals surface area contributed by atoms with E-state index in [1.807, 2.05) is 6.07 Å². The normalized spacial score (nSPS) is 19.6. The predicted molar refractivity (Wildman–Crippen MR) is 122 cm³/mol. The maximum Gasteiger partial charge on any atom is 0.290 e. The van der Waals surface area contributed by atoms with E-state index in [2.05, 4.69) is 4.90 Å². The van der Waals surface area contributed by atoms with Crippen molar-refractivity contribution in [2.75, 3.05) is 46.5 Å². The molecule has 1 atom stereocenters. The van der Waals surface area contributed by atoms with Gasteiger partial charge in [-0.05, 0) is 48.4 Å². The standard InChI is InChI=1S/C25H28N2O6/c1-31-20-6-2-5-18(17-20)23-22(21(28)9-8-19-7-3-14-33-19)24(29)25(30)27(23)11-4-10-26-12-15-32-16-13-26/h2-3,5-9,14,17,23,29H,4,10-13,15-16H2,1H3/b9-8+. The summed E-state index contributed by atoms with van der Waals surface area (Å²) in [6.07, 6.45) is 5.07. The molecule has 2 aromatic rings. The zero-order valence-electron chi connectivity index (χ0n) is 18.6. The lowest BCUT2D eigenvalue weighted by molar-refractivity contribution is -0.129. The molecule has 174 valence electrons. The predicted octanol–water partition coefficient (Wildman–Crippen LogP) is 2.99. The molecule has 0 bridgehead atoms. The van der Waals surface area contributed by atoms with Crippen LogP contribution in [0.4, 0.5) is 0 Å². The highest BCUT2D eigenvalue weighted by Crippen LogP contribution is 2.39. The van der Waals surface area contributed by atoms with Crippen LogP contribution in [0.5, 0.6) is 5.75 Å². The van der Waals surface area contributed by atoms with Crippen molar-refractivity contribution in [1.82, 2.24) is 9.80 Å². The molecule has 3 heterocycles. The van der Waals surface area contributed by atoms with Gasteiger partial charge in [0, 0.05) is 26.2 Å². The molecule has 8 heteroatoms. The molecule has 33 heavy (non-hydrogen) atoms. The molecular formula is C25H28N2O6. The number of hydrogen-bond acceptors (Lipinski definition) is 7. The van der Waals surface area contributed by atoms with Crippen LogP contribution >= 0.6 is 0 Å². The first-order chi connectivity index (χ1) is 16.1. The SMILES string of the molecule is COc1cccc(C2C(C(=O)/C=C/c3ccco3)=C(O)C(=O)N2CCCN2CCOCC2)c1. The Balaban J connectivity index is 1.58. The summed E-state index contributed by atoms with van der Waals surface area (Å²) >= 11 is 0. The van der Waals surface area contributed by atoms with Crippen LogP contribution in [0.15, 0.2) is 64.5 Å². The lowest BCUT2D eigenvalue weighted by atomic mass is 9.95. The fourth-order valence-corrected chi connectivity index (χ4v) is 4.22. The number of ether oxygens (including phenoxy) is 2. The van der Waals surface area contributed by atoms with E-state index in [0.29, 0.717) is 43.3 Å². The van der Waals surface area contributed by atoms with Crippen molar-refractivity contribution >= 4 is 17.8 Å². The topological polar surface area (TPSA) is 92.5 Å². The van der Waals surface area contributed by atoms with E-state index in [9.17, 15) is 14.7 Å². The first kappa shape index (κ1) is 22.8. The van der Waals surface area contributed by atoms with E-state index in [1.165, 1.54) is 18.4 Å². The molecule has 2 aliphatic rings. The monoisotopic (exact) mass is 452 g/mol. The van der Waals surface area contributed by atoms with Crippen molar-refractivity contribution in [3.05, 3.63) is 71.4 Å². The van der Waals surface area contributed by atoms with Gasteiger partial charge in [-0.2, -0.15) is 0 Å². The highest BCUT2D eigenvalue weighted by atomic mass is 16.5. The fraction of sp³-hybridized carbons (Fsp3) is 0.360. The number of amides is 1. The molecule has 1 saturated heterocycles. The summed E-state index contributed by atoms with van der Waals surface area (Å²) in [5.74, 6) is -0.380. The Hall–Kier alpha value is -3.36. The van der Waals surface area contributed by atoms with Crippen molar-refractivity contribution in [1.29, 1.82) is 0 Å². The van der Waals surface area contributed by atoms with Crippen LogP contribution in [0.25, 0.3) is 6.08 Å². The molecule has 1 amide bonds. The second-order valence-corrected chi connectivity index (χ2v) is 7.96. The third kappa shape index (κ3) is 5.18. The molecule has 1 fully saturated rings. The van der Waals surface area contributed by atoms with Crippen LogP contribution in [0, 0.1) is 0 Å². The van der Waals surface area contributed by atoms with Crippen LogP contribution in [-0.4, -0.2) is 73.1 Å². The lowest BCUT2D eigenvalue weighted by Crippen LogP contribution is -2.39. The number of morpholine rings is 1. The van der Waals surface area contributed by atoms with Crippen molar-refractivity contribution in [2.45, 2.75) is 12.5 Å². The van der Waals surface area contributed by atoms with Gasteiger partial charge in [0.05, 0.1) is 38.2 Å². The molecule has 0 spiro atoms. The third-order valence-electron chi connectivity index (χ3n) is 5.90. The van der Waals surface area contributed by atoms with Gasteiger partial charge in [-0.1, -0.05) is 12.1 Å². The van der Waals surface area contributed by atoms with Gasteiger partial charge in [-0.15, -0.1) is 0 Å². The fourth-order valence-electron chi connectivity index (χ4n) is 4.22. The summed E-state index contributed by atoms with van der Waals surface area (Å²) in [7, 11) is 1.56. The summed E-state index contributed by atoms with van der Waals surface area (Å²) in [5.41, 5.74) is 0.760. The maximum absolute atomic E-state index is 13.1. The molecule has 0 aliphatic carbocycles. The number of aliphatic hydroxyl groups excluding tert-OH is 1. The number of furan rings is 1. The summed E-state index contributed by atoms with van der Waals surface area (Å²) in [5, 5.41) is 10.7. The Morgan fingerprint density at radius 3 is 2.76 bits per heavy atom. The van der Waals surface area contributed by atoms with E-state index >= 15 is 0 Å². The number of carbonyl (C=O) groups excluding carboxylic acids is 2. The van der Waals surface area contributed by atoms with Gasteiger partial charge < -0.3 is 23.9 Å². The zero-order chi connectivity index (χ0) is 23.2. The third-order valence-corrected chi connectivity index (χ3v) is 5.90. The molecule has 4 rings (SSSR count). The van der Waals surface area contributed by atoms with E-state index in [-0.39, 0.29) is 5.57 Å². The van der Waals surface area contributed by atoms with Gasteiger partial charge in [0.2, 0.25) is 0 Å². The number of carbonyl (C=O) groups is 2. The number of methoxy groups -OCH3 is 1. The number of aliphatic hydroxyl groups is 1. The lowest BCUT2D eigenvalue weighted by Gasteiger charge is -2.30. The molecule has 1 aromatic heterocycles. The van der Waals surface area contributed by atoms with Gasteiger partial charge in [0.1, 0.15) is 11.5 Å². The number of ketones is 1. The van der Waals surface area contributed by atoms with Crippen molar-refractivity contribution < 1.29 is 28.6 Å². The Morgan fingerprint density at radius 1 is 1.21 bits per heavy atom. The summed E-state index contributed by atoms with van der Waals surface area (Å²) in [4.78, 5) is 30.0. The Morgan fingerprint density at radius 2 is 2.03 bits per heavy atom. The first-order valence-corrected chi connectivity index (χ1v) is 11.0. The summed E-state index contributed by atoms with van der Waals surface area (Å²) < 4.78 is 16.0. The van der Waals surface area contributed by atoms with Crippen LogP contribution in [0.3, 0.4) is 0 Å². The quantitative estimate of drug-likeness (QED) is 0.585. The van der Waals surface area contributed by atoms with Crippen molar-refractivity contribution in [2.24, 2.45) is 0 Å². The molecule has 0 saturated carbocycles. The van der Waals surface area contributed by atoms with E-state index in [4.69, 9.17) is 13.9 Å². The smallest absolute Gasteiger partial charge is 0.290 e. The highest BCUT2D eigenvalue weighted by Gasteiger charge is 2.42. The Labute approximate surface area is 192 Å². The second-order valence-electron chi connectivity index (χ2n) is 7.96. The van der Waals surface area contributed by atoms with Gasteiger partial charge in [0.25, 0.3) is 5.91 Å². The largest absolute Gasteiger partial charge is 0.503 e. The van der Waals surface area contributed by atoms with E-state index in [1.54, 1.807) is 42.3 Å². The minimum atomic E-state index is -0.703. The molecule has 0 radical (unpaired) electrons. The molecule has 2 aliphatic heterocycles. The average molecular weight is 453 g/mol. The molecule has 1 N–H and O–H groups in total. The number of rotatable bonds is 9. The molecular weight excluding hydrogens is 424 g/mol. The van der Waals surface area contributed by atoms with Crippen LogP contribution < -0.4 is 4.74 Å². The number of allylic oxidation sites excluding steroid dienone is 1. The van der Waals surface area contributed by atoms with E-state index < -0.39 is 23.5 Å². The number of nitrogens with zero attached hydrogens (tertiary/aromatic N) is 2. The summed E-state index contributed by atoms with van der Waals surface area (Å²) in [6, 6.07) is 9.95. The van der Waals surface area contributed by atoms with Gasteiger partial charge >= 0.3 is 0 Å². The molecule has 8 nitrogen and oxygen atoms in total. The van der Waals surface area contributed by atoms with Gasteiger partial charge in [0.15, 0.2) is 11.5 Å².